The lowest BCUT2D eigenvalue weighted by molar-refractivity contribution is -0.132. The summed E-state index contributed by atoms with van der Waals surface area (Å²) in [6.07, 6.45) is 62.7. The molecule has 0 heterocycles. The van der Waals surface area contributed by atoms with Gasteiger partial charge in [-0.2, -0.15) is 0 Å². The van der Waals surface area contributed by atoms with Crippen LogP contribution < -0.4 is 0 Å². The number of aliphatic hydroxyl groups excluding tert-OH is 1. The largest absolute Gasteiger partial charge is 0.393 e. The average Bonchev–Trinajstić information content (AvgIpc) is 3.37. The molecule has 0 aliphatic heterocycles. The predicted octanol–water partition coefficient (Wildman–Crippen LogP) is 19.5. The number of unbranched alkanes of at least 4 members (excludes halogenated alkanes) is 36. The van der Waals surface area contributed by atoms with Gasteiger partial charge in [0, 0.05) is 39.0 Å². The number of amides is 2. The molecule has 0 aromatic carbocycles. The van der Waals surface area contributed by atoms with Gasteiger partial charge in [0.25, 0.3) is 0 Å². The van der Waals surface area contributed by atoms with Crippen molar-refractivity contribution in [1.82, 2.24) is 14.7 Å². The van der Waals surface area contributed by atoms with Crippen molar-refractivity contribution in [2.75, 3.05) is 45.8 Å². The summed E-state index contributed by atoms with van der Waals surface area (Å²) in [5, 5.41) is 10.6. The molecule has 0 unspecified atom stereocenters. The van der Waals surface area contributed by atoms with Gasteiger partial charge in [-0.3, -0.25) is 9.59 Å². The topological polar surface area (TPSA) is 64.1 Å². The molecule has 1 aliphatic rings. The molecule has 1 N–H and O–H groups in total. The fourth-order valence-electron chi connectivity index (χ4n) is 11.5. The molecular weight excluding hydrogens is 871 g/mol. The highest BCUT2D eigenvalue weighted by molar-refractivity contribution is 5.76. The summed E-state index contributed by atoms with van der Waals surface area (Å²) in [5.41, 5.74) is 0. The summed E-state index contributed by atoms with van der Waals surface area (Å²) < 4.78 is 0. The second-order valence-electron chi connectivity index (χ2n) is 23.3. The van der Waals surface area contributed by atoms with Crippen LogP contribution >= 0.6 is 0 Å². The number of hydrogen-bond donors (Lipinski definition) is 1. The van der Waals surface area contributed by atoms with E-state index in [0.717, 1.165) is 64.8 Å². The first-order valence-corrected chi connectivity index (χ1v) is 32.9. The normalized spacial score (nSPS) is 15.0. The quantitative estimate of drug-likeness (QED) is 0.0617. The van der Waals surface area contributed by atoms with E-state index in [1.54, 1.807) is 0 Å². The third-order valence-electron chi connectivity index (χ3n) is 16.5. The Hall–Kier alpha value is -1.14. The number of rotatable bonds is 56. The number of nitrogens with zero attached hydrogens (tertiary/aromatic N) is 3. The molecule has 1 saturated carbocycles. The van der Waals surface area contributed by atoms with Gasteiger partial charge in [0.15, 0.2) is 0 Å². The first kappa shape index (κ1) is 67.9. The molecule has 71 heavy (non-hydrogen) atoms. The van der Waals surface area contributed by atoms with Gasteiger partial charge >= 0.3 is 0 Å². The zero-order valence-corrected chi connectivity index (χ0v) is 49.1. The molecule has 6 heteroatoms. The van der Waals surface area contributed by atoms with Crippen molar-refractivity contribution in [3.05, 3.63) is 0 Å². The summed E-state index contributed by atoms with van der Waals surface area (Å²) in [5.74, 6) is 1.34. The third-order valence-corrected chi connectivity index (χ3v) is 16.5. The minimum Gasteiger partial charge on any atom is -0.393 e. The van der Waals surface area contributed by atoms with Crippen molar-refractivity contribution < 1.29 is 14.7 Å². The lowest BCUT2D eigenvalue weighted by Crippen LogP contribution is -2.32. The van der Waals surface area contributed by atoms with Crippen LogP contribution in [0.3, 0.4) is 0 Å². The third kappa shape index (κ3) is 43.8. The van der Waals surface area contributed by atoms with Gasteiger partial charge in [-0.1, -0.05) is 259 Å². The monoisotopic (exact) mass is 1000 g/mol. The number of carbonyl (C=O) groups excluding carboxylic acids is 2. The Labute approximate surface area is 445 Å². The second-order valence-corrected chi connectivity index (χ2v) is 23.3. The molecule has 0 spiro atoms. The molecular formula is C65H129N3O3. The zero-order valence-electron chi connectivity index (χ0n) is 49.1. The maximum atomic E-state index is 13.5. The van der Waals surface area contributed by atoms with Gasteiger partial charge in [0.05, 0.1) is 6.10 Å². The summed E-state index contributed by atoms with van der Waals surface area (Å²) in [4.78, 5) is 34.3. The van der Waals surface area contributed by atoms with Crippen LogP contribution in [-0.4, -0.2) is 83.5 Å². The van der Waals surface area contributed by atoms with Crippen molar-refractivity contribution in [3.8, 4) is 0 Å². The summed E-state index contributed by atoms with van der Waals surface area (Å²) >= 11 is 0. The van der Waals surface area contributed by atoms with Crippen LogP contribution in [0.1, 0.15) is 349 Å². The van der Waals surface area contributed by atoms with E-state index in [2.05, 4.69) is 42.4 Å². The van der Waals surface area contributed by atoms with Gasteiger partial charge in [0.2, 0.25) is 11.8 Å². The van der Waals surface area contributed by atoms with Gasteiger partial charge in [0.1, 0.15) is 0 Å². The summed E-state index contributed by atoms with van der Waals surface area (Å²) in [7, 11) is 0. The smallest absolute Gasteiger partial charge is 0.222 e. The summed E-state index contributed by atoms with van der Waals surface area (Å²) in [6.45, 7) is 16.6. The molecule has 0 radical (unpaired) electrons. The van der Waals surface area contributed by atoms with Gasteiger partial charge in [-0.05, 0) is 103 Å². The van der Waals surface area contributed by atoms with Crippen molar-refractivity contribution in [1.29, 1.82) is 0 Å². The molecule has 2 atom stereocenters. The Kier molecular flexibility index (Phi) is 51.3. The molecule has 0 aromatic rings. The molecule has 0 bridgehead atoms. The van der Waals surface area contributed by atoms with Gasteiger partial charge in [-0.15, -0.1) is 0 Å². The van der Waals surface area contributed by atoms with Crippen molar-refractivity contribution in [3.63, 3.8) is 0 Å². The van der Waals surface area contributed by atoms with Crippen LogP contribution in [0.2, 0.25) is 0 Å². The average molecular weight is 1000 g/mol. The van der Waals surface area contributed by atoms with E-state index < -0.39 is 0 Å². The van der Waals surface area contributed by atoms with Crippen LogP contribution in [0, 0.1) is 5.92 Å². The molecule has 6 nitrogen and oxygen atoms in total. The SMILES string of the molecule is CCCCCCCCCCN(CCCCCCCCCC)C(=O)CCCCCCCN(CCCCCCCC(=O)N(CCCCCCCCCC)CCCCCCCCCC)CCC[C@H]1CCCC[C@H]1O. The highest BCUT2D eigenvalue weighted by Crippen LogP contribution is 2.28. The van der Waals surface area contributed by atoms with E-state index in [-0.39, 0.29) is 6.10 Å². The highest BCUT2D eigenvalue weighted by atomic mass is 16.3. The van der Waals surface area contributed by atoms with E-state index in [9.17, 15) is 14.7 Å². The van der Waals surface area contributed by atoms with Crippen LogP contribution in [0.25, 0.3) is 0 Å². The Morgan fingerprint density at radius 1 is 0.324 bits per heavy atom. The molecule has 422 valence electrons. The number of hydrogen-bond acceptors (Lipinski definition) is 4. The van der Waals surface area contributed by atoms with E-state index >= 15 is 0 Å². The molecule has 2 amide bonds. The zero-order chi connectivity index (χ0) is 51.3. The Morgan fingerprint density at radius 2 is 0.577 bits per heavy atom. The second kappa shape index (κ2) is 53.7. The van der Waals surface area contributed by atoms with Crippen molar-refractivity contribution in [2.24, 2.45) is 5.92 Å². The lowest BCUT2D eigenvalue weighted by Gasteiger charge is -2.29. The van der Waals surface area contributed by atoms with Gasteiger partial charge in [-0.25, -0.2) is 0 Å². The minimum atomic E-state index is -0.0828. The minimum absolute atomic E-state index is 0.0828. The number of aliphatic hydroxyl groups is 1. The molecule has 1 rings (SSSR count). The first-order valence-electron chi connectivity index (χ1n) is 32.9. The highest BCUT2D eigenvalue weighted by Gasteiger charge is 2.23. The number of carbonyl (C=O) groups is 2. The molecule has 1 fully saturated rings. The molecule has 0 saturated heterocycles. The fourth-order valence-corrected chi connectivity index (χ4v) is 11.5. The Balaban J connectivity index is 2.51. The van der Waals surface area contributed by atoms with Crippen LogP contribution in [0.4, 0.5) is 0 Å². The van der Waals surface area contributed by atoms with Crippen LogP contribution in [-0.2, 0) is 9.59 Å². The Bertz CT molecular complexity index is 992. The lowest BCUT2D eigenvalue weighted by atomic mass is 9.83. The van der Waals surface area contributed by atoms with Crippen LogP contribution in [0.15, 0.2) is 0 Å². The van der Waals surface area contributed by atoms with E-state index in [1.807, 2.05) is 0 Å². The maximum absolute atomic E-state index is 13.5. The standard InChI is InChI=1S/C65H129N3O3/c1-5-9-13-17-21-25-35-45-58-67(59-46-36-26-22-18-14-10-6-2)64(70)53-39-31-29-33-43-55-66(57-49-51-62-50-41-42-52-63(62)69)56-44-34-30-32-40-54-65(71)68(60-47-37-27-23-19-15-11-7-3)61-48-38-28-24-20-16-12-8-4/h62-63,69H,5-61H2,1-4H3/t62-,63-/m1/s1. The molecule has 0 aromatic heterocycles. The van der Waals surface area contributed by atoms with Crippen LogP contribution in [0.5, 0.6) is 0 Å². The maximum Gasteiger partial charge on any atom is 0.222 e. The van der Waals surface area contributed by atoms with Crippen molar-refractivity contribution in [2.45, 2.75) is 355 Å². The first-order chi connectivity index (χ1) is 35.0. The van der Waals surface area contributed by atoms with E-state index in [0.29, 0.717) is 17.7 Å². The van der Waals surface area contributed by atoms with E-state index in [1.165, 1.54) is 302 Å². The van der Waals surface area contributed by atoms with Crippen molar-refractivity contribution >= 4 is 11.8 Å². The predicted molar refractivity (Wildman–Crippen MR) is 313 cm³/mol. The Morgan fingerprint density at radius 3 is 0.887 bits per heavy atom. The molecule has 1 aliphatic carbocycles. The summed E-state index contributed by atoms with van der Waals surface area (Å²) in [6, 6.07) is 0. The van der Waals surface area contributed by atoms with E-state index in [4.69, 9.17) is 0 Å². The van der Waals surface area contributed by atoms with Gasteiger partial charge < -0.3 is 19.8 Å². The fraction of sp³-hybridized carbons (Fsp3) is 0.969.